The highest BCUT2D eigenvalue weighted by molar-refractivity contribution is 9.10. The Labute approximate surface area is 149 Å². The molecule has 0 saturated heterocycles. The molecule has 0 spiro atoms. The summed E-state index contributed by atoms with van der Waals surface area (Å²) in [5.74, 6) is -0.916. The maximum atomic E-state index is 12.0. The van der Waals surface area contributed by atoms with Crippen LogP contribution in [0, 0.1) is 0 Å². The maximum absolute atomic E-state index is 12.0. The Morgan fingerprint density at radius 3 is 2.71 bits per heavy atom. The number of esters is 1. The van der Waals surface area contributed by atoms with Gasteiger partial charge in [0.05, 0.1) is 5.69 Å². The van der Waals surface area contributed by atoms with E-state index in [1.165, 1.54) is 0 Å². The first-order chi connectivity index (χ1) is 11.5. The van der Waals surface area contributed by atoms with Crippen LogP contribution in [0.25, 0.3) is 11.3 Å². The number of rotatable bonds is 7. The number of hydrogen-bond acceptors (Lipinski definition) is 4. The molecule has 0 aliphatic carbocycles. The van der Waals surface area contributed by atoms with E-state index in [0.717, 1.165) is 22.9 Å². The zero-order valence-corrected chi connectivity index (χ0v) is 15.2. The number of halogens is 1. The standard InChI is InChI=1S/C17H20BrN3O3/c1-3-4-11(2)19-16(22)10-24-17(23)15-9-14(20-21-15)12-5-7-13(18)8-6-12/h5-9,11H,3-4,10H2,1-2H3,(H,19,22)(H,20,21). The van der Waals surface area contributed by atoms with Crippen LogP contribution < -0.4 is 5.32 Å². The summed E-state index contributed by atoms with van der Waals surface area (Å²) in [5.41, 5.74) is 1.72. The second-order valence-electron chi connectivity index (χ2n) is 5.51. The number of nitrogens with zero attached hydrogens (tertiary/aromatic N) is 1. The zero-order valence-electron chi connectivity index (χ0n) is 13.6. The van der Waals surface area contributed by atoms with E-state index in [2.05, 4.69) is 31.4 Å². The average molecular weight is 394 g/mol. The topological polar surface area (TPSA) is 84.1 Å². The molecule has 24 heavy (non-hydrogen) atoms. The van der Waals surface area contributed by atoms with Gasteiger partial charge in [-0.15, -0.1) is 0 Å². The molecule has 7 heteroatoms. The zero-order chi connectivity index (χ0) is 17.5. The van der Waals surface area contributed by atoms with Gasteiger partial charge in [-0.05, 0) is 31.5 Å². The molecule has 0 bridgehead atoms. The van der Waals surface area contributed by atoms with Crippen LogP contribution in [-0.2, 0) is 9.53 Å². The molecule has 0 saturated carbocycles. The van der Waals surface area contributed by atoms with Crippen LogP contribution in [0.1, 0.15) is 37.2 Å². The van der Waals surface area contributed by atoms with Crippen LogP contribution in [0.2, 0.25) is 0 Å². The van der Waals surface area contributed by atoms with Gasteiger partial charge in [-0.2, -0.15) is 5.10 Å². The predicted molar refractivity (Wildman–Crippen MR) is 94.5 cm³/mol. The Morgan fingerprint density at radius 1 is 1.33 bits per heavy atom. The first-order valence-electron chi connectivity index (χ1n) is 7.77. The highest BCUT2D eigenvalue weighted by atomic mass is 79.9. The van der Waals surface area contributed by atoms with E-state index in [9.17, 15) is 9.59 Å². The largest absolute Gasteiger partial charge is 0.451 e. The average Bonchev–Trinajstić information content (AvgIpc) is 3.03. The number of carbonyl (C=O) groups is 2. The van der Waals surface area contributed by atoms with Crippen molar-refractivity contribution in [2.45, 2.75) is 32.7 Å². The second kappa shape index (κ2) is 8.63. The first-order valence-corrected chi connectivity index (χ1v) is 8.56. The molecular formula is C17H20BrN3O3. The minimum absolute atomic E-state index is 0.0670. The van der Waals surface area contributed by atoms with Crippen LogP contribution >= 0.6 is 15.9 Å². The predicted octanol–water partition coefficient (Wildman–Crippen LogP) is 3.30. The third kappa shape index (κ3) is 5.19. The summed E-state index contributed by atoms with van der Waals surface area (Å²) in [5, 5.41) is 9.51. The van der Waals surface area contributed by atoms with E-state index in [0.29, 0.717) is 5.69 Å². The molecule has 1 aromatic heterocycles. The molecule has 2 aromatic rings. The van der Waals surface area contributed by atoms with Crippen LogP contribution in [0.4, 0.5) is 0 Å². The van der Waals surface area contributed by atoms with Crippen LogP contribution in [0.3, 0.4) is 0 Å². The van der Waals surface area contributed by atoms with Crippen molar-refractivity contribution in [1.82, 2.24) is 15.5 Å². The Balaban J connectivity index is 1.89. The summed E-state index contributed by atoms with van der Waals surface area (Å²) in [6.45, 7) is 3.66. The molecule has 1 amide bonds. The van der Waals surface area contributed by atoms with E-state index in [-0.39, 0.29) is 24.2 Å². The van der Waals surface area contributed by atoms with Crippen molar-refractivity contribution in [3.05, 3.63) is 40.5 Å². The van der Waals surface area contributed by atoms with E-state index < -0.39 is 5.97 Å². The number of benzene rings is 1. The minimum Gasteiger partial charge on any atom is -0.451 e. The lowest BCUT2D eigenvalue weighted by Crippen LogP contribution is -2.35. The third-order valence-electron chi connectivity index (χ3n) is 3.40. The molecule has 1 atom stereocenters. The fourth-order valence-corrected chi connectivity index (χ4v) is 2.49. The molecule has 2 N–H and O–H groups in total. The van der Waals surface area contributed by atoms with Crippen LogP contribution in [0.15, 0.2) is 34.8 Å². The number of amides is 1. The monoisotopic (exact) mass is 393 g/mol. The molecule has 0 fully saturated rings. The molecule has 6 nitrogen and oxygen atoms in total. The van der Waals surface area contributed by atoms with Gasteiger partial charge in [-0.3, -0.25) is 9.89 Å². The fourth-order valence-electron chi connectivity index (χ4n) is 2.23. The summed E-state index contributed by atoms with van der Waals surface area (Å²) in [6.07, 6.45) is 1.87. The van der Waals surface area contributed by atoms with Gasteiger partial charge in [0, 0.05) is 16.1 Å². The lowest BCUT2D eigenvalue weighted by Gasteiger charge is -2.12. The number of ether oxygens (including phenoxy) is 1. The van der Waals surface area contributed by atoms with Crippen molar-refractivity contribution >= 4 is 27.8 Å². The van der Waals surface area contributed by atoms with E-state index in [1.54, 1.807) is 6.07 Å². The number of nitrogens with one attached hydrogen (secondary N) is 2. The van der Waals surface area contributed by atoms with E-state index in [4.69, 9.17) is 4.74 Å². The maximum Gasteiger partial charge on any atom is 0.356 e. The lowest BCUT2D eigenvalue weighted by atomic mass is 10.1. The van der Waals surface area contributed by atoms with Crippen molar-refractivity contribution in [3.63, 3.8) is 0 Å². The summed E-state index contributed by atoms with van der Waals surface area (Å²) < 4.78 is 5.97. The van der Waals surface area contributed by atoms with Crippen LogP contribution in [-0.4, -0.2) is 34.7 Å². The molecule has 1 unspecified atom stereocenters. The molecule has 0 radical (unpaired) electrons. The van der Waals surface area contributed by atoms with Gasteiger partial charge < -0.3 is 10.1 Å². The molecule has 0 aliphatic heterocycles. The van der Waals surface area contributed by atoms with Gasteiger partial charge in [0.1, 0.15) is 5.69 Å². The smallest absolute Gasteiger partial charge is 0.356 e. The number of aromatic amines is 1. The van der Waals surface area contributed by atoms with Gasteiger partial charge in [0.25, 0.3) is 5.91 Å². The quantitative estimate of drug-likeness (QED) is 0.706. The molecule has 1 aromatic carbocycles. The van der Waals surface area contributed by atoms with Crippen molar-refractivity contribution < 1.29 is 14.3 Å². The summed E-state index contributed by atoms with van der Waals surface area (Å²) in [7, 11) is 0. The lowest BCUT2D eigenvalue weighted by molar-refractivity contribution is -0.124. The number of H-pyrrole nitrogens is 1. The molecule has 0 aliphatic rings. The van der Waals surface area contributed by atoms with Crippen molar-refractivity contribution in [2.24, 2.45) is 0 Å². The summed E-state index contributed by atoms with van der Waals surface area (Å²) >= 11 is 3.37. The summed E-state index contributed by atoms with van der Waals surface area (Å²) in [6, 6.07) is 9.23. The first kappa shape index (κ1) is 18.2. The van der Waals surface area contributed by atoms with Crippen molar-refractivity contribution in [2.75, 3.05) is 6.61 Å². The molecule has 128 valence electrons. The fraction of sp³-hybridized carbons (Fsp3) is 0.353. The van der Waals surface area contributed by atoms with Gasteiger partial charge in [0.15, 0.2) is 6.61 Å². The number of hydrogen-bond donors (Lipinski definition) is 2. The van der Waals surface area contributed by atoms with Gasteiger partial charge >= 0.3 is 5.97 Å². The Morgan fingerprint density at radius 2 is 2.04 bits per heavy atom. The normalized spacial score (nSPS) is 11.8. The van der Waals surface area contributed by atoms with Gasteiger partial charge in [-0.25, -0.2) is 4.79 Å². The van der Waals surface area contributed by atoms with Gasteiger partial charge in [0.2, 0.25) is 0 Å². The van der Waals surface area contributed by atoms with E-state index in [1.807, 2.05) is 38.1 Å². The number of carbonyl (C=O) groups excluding carboxylic acids is 2. The highest BCUT2D eigenvalue weighted by Crippen LogP contribution is 2.20. The second-order valence-corrected chi connectivity index (χ2v) is 6.42. The minimum atomic E-state index is -0.607. The Bertz CT molecular complexity index is 697. The van der Waals surface area contributed by atoms with E-state index >= 15 is 0 Å². The van der Waals surface area contributed by atoms with Crippen LogP contribution in [0.5, 0.6) is 0 Å². The van der Waals surface area contributed by atoms with Crippen molar-refractivity contribution in [3.8, 4) is 11.3 Å². The third-order valence-corrected chi connectivity index (χ3v) is 3.93. The summed E-state index contributed by atoms with van der Waals surface area (Å²) in [4.78, 5) is 23.7. The van der Waals surface area contributed by atoms with Crippen molar-refractivity contribution in [1.29, 1.82) is 0 Å². The Hall–Kier alpha value is -2.15. The molecule has 2 rings (SSSR count). The molecular weight excluding hydrogens is 374 g/mol. The molecule has 1 heterocycles. The Kier molecular flexibility index (Phi) is 6.54. The number of aromatic nitrogens is 2. The SMILES string of the molecule is CCCC(C)NC(=O)COC(=O)c1cc(-c2ccc(Br)cc2)n[nH]1. The van der Waals surface area contributed by atoms with Gasteiger partial charge in [-0.1, -0.05) is 41.4 Å². The highest BCUT2D eigenvalue weighted by Gasteiger charge is 2.15.